The molecule has 3 amide bonds. The van der Waals surface area contributed by atoms with Crippen molar-refractivity contribution in [1.82, 2.24) is 15.1 Å². The molecule has 0 saturated carbocycles. The minimum atomic E-state index is -0.255. The molecule has 6 nitrogen and oxygen atoms in total. The van der Waals surface area contributed by atoms with Gasteiger partial charge in [-0.05, 0) is 38.5 Å². The van der Waals surface area contributed by atoms with Crippen molar-refractivity contribution in [3.8, 4) is 0 Å². The Morgan fingerprint density at radius 3 is 2.19 bits per heavy atom. The maximum atomic E-state index is 12.3. The lowest BCUT2D eigenvalue weighted by Crippen LogP contribution is -2.51. The fourth-order valence-electron chi connectivity index (χ4n) is 3.40. The second-order valence-corrected chi connectivity index (χ2v) is 6.25. The lowest BCUT2D eigenvalue weighted by Gasteiger charge is -2.35. The molecule has 0 aromatic carbocycles. The van der Waals surface area contributed by atoms with Crippen molar-refractivity contribution in [2.45, 2.75) is 50.7 Å². The number of rotatable bonds is 2. The number of ether oxygens (including phenoxy) is 1. The van der Waals surface area contributed by atoms with Gasteiger partial charge in [0, 0.05) is 38.8 Å². The highest BCUT2D eigenvalue weighted by Gasteiger charge is 2.30. The van der Waals surface area contributed by atoms with Gasteiger partial charge in [0.15, 0.2) is 0 Å². The normalized spacial score (nSPS) is 27.1. The van der Waals surface area contributed by atoms with Crippen molar-refractivity contribution in [3.63, 3.8) is 0 Å². The second kappa shape index (κ2) is 6.64. The van der Waals surface area contributed by atoms with Gasteiger partial charge in [-0.15, -0.1) is 0 Å². The highest BCUT2D eigenvalue weighted by Crippen LogP contribution is 2.17. The SMILES string of the molecule is O=C(NC1CCN(C(=O)N2CCCC2)CC1)C1CCCO1. The van der Waals surface area contributed by atoms with Gasteiger partial charge in [-0.2, -0.15) is 0 Å². The standard InChI is InChI=1S/C15H25N3O3/c19-14(13-4-3-11-21-13)16-12-5-9-18(10-6-12)15(20)17-7-1-2-8-17/h12-13H,1-11H2,(H,16,19). The molecule has 0 aromatic rings. The van der Waals surface area contributed by atoms with Gasteiger partial charge in [-0.25, -0.2) is 4.79 Å². The molecule has 21 heavy (non-hydrogen) atoms. The zero-order valence-electron chi connectivity index (χ0n) is 12.6. The van der Waals surface area contributed by atoms with Crippen LogP contribution in [0.3, 0.4) is 0 Å². The minimum Gasteiger partial charge on any atom is -0.368 e. The molecule has 0 aromatic heterocycles. The maximum absolute atomic E-state index is 12.3. The van der Waals surface area contributed by atoms with Crippen LogP contribution in [0.4, 0.5) is 4.79 Å². The summed E-state index contributed by atoms with van der Waals surface area (Å²) in [4.78, 5) is 28.2. The van der Waals surface area contributed by atoms with Crippen LogP contribution in [0.1, 0.15) is 38.5 Å². The quantitative estimate of drug-likeness (QED) is 0.825. The predicted octanol–water partition coefficient (Wildman–Crippen LogP) is 0.962. The fourth-order valence-corrected chi connectivity index (χ4v) is 3.40. The first-order chi connectivity index (χ1) is 10.2. The average molecular weight is 295 g/mol. The van der Waals surface area contributed by atoms with Gasteiger partial charge >= 0.3 is 6.03 Å². The molecule has 0 bridgehead atoms. The summed E-state index contributed by atoms with van der Waals surface area (Å²) in [5, 5.41) is 3.07. The van der Waals surface area contributed by atoms with Crippen molar-refractivity contribution in [3.05, 3.63) is 0 Å². The van der Waals surface area contributed by atoms with Crippen LogP contribution in [0.5, 0.6) is 0 Å². The van der Waals surface area contributed by atoms with Crippen molar-refractivity contribution in [2.24, 2.45) is 0 Å². The number of carbonyl (C=O) groups is 2. The smallest absolute Gasteiger partial charge is 0.319 e. The summed E-state index contributed by atoms with van der Waals surface area (Å²) in [5.41, 5.74) is 0. The van der Waals surface area contributed by atoms with Gasteiger partial charge in [0.25, 0.3) is 0 Å². The number of carbonyl (C=O) groups excluding carboxylic acids is 2. The number of amides is 3. The lowest BCUT2D eigenvalue weighted by atomic mass is 10.0. The molecule has 1 unspecified atom stereocenters. The molecule has 3 rings (SSSR count). The zero-order valence-corrected chi connectivity index (χ0v) is 12.6. The van der Waals surface area contributed by atoms with Gasteiger partial charge in [0.2, 0.25) is 5.91 Å². The largest absolute Gasteiger partial charge is 0.368 e. The van der Waals surface area contributed by atoms with E-state index in [1.807, 2.05) is 9.80 Å². The van der Waals surface area contributed by atoms with Crippen LogP contribution in [0.25, 0.3) is 0 Å². The van der Waals surface area contributed by atoms with E-state index in [0.29, 0.717) is 6.61 Å². The molecular weight excluding hydrogens is 270 g/mol. The monoisotopic (exact) mass is 295 g/mol. The molecule has 3 heterocycles. The number of piperidine rings is 1. The second-order valence-electron chi connectivity index (χ2n) is 6.25. The summed E-state index contributed by atoms with van der Waals surface area (Å²) in [6.07, 6.45) is 5.49. The van der Waals surface area contributed by atoms with Gasteiger partial charge in [-0.3, -0.25) is 4.79 Å². The van der Waals surface area contributed by atoms with Crippen LogP contribution in [0.15, 0.2) is 0 Å². The van der Waals surface area contributed by atoms with E-state index in [1.54, 1.807) is 0 Å². The van der Waals surface area contributed by atoms with E-state index in [9.17, 15) is 9.59 Å². The number of urea groups is 1. The van der Waals surface area contributed by atoms with E-state index in [0.717, 1.165) is 64.7 Å². The van der Waals surface area contributed by atoms with Crippen LogP contribution < -0.4 is 5.32 Å². The summed E-state index contributed by atoms with van der Waals surface area (Å²) < 4.78 is 5.40. The summed E-state index contributed by atoms with van der Waals surface area (Å²) in [5.74, 6) is 0.0248. The molecule has 118 valence electrons. The van der Waals surface area contributed by atoms with Crippen LogP contribution in [0.2, 0.25) is 0 Å². The Kier molecular flexibility index (Phi) is 4.63. The third-order valence-corrected chi connectivity index (χ3v) is 4.71. The van der Waals surface area contributed by atoms with E-state index in [-0.39, 0.29) is 24.1 Å². The average Bonchev–Trinajstić information content (AvgIpc) is 3.20. The van der Waals surface area contributed by atoms with Crippen LogP contribution in [-0.2, 0) is 9.53 Å². The Labute approximate surface area is 125 Å². The zero-order chi connectivity index (χ0) is 14.7. The minimum absolute atomic E-state index is 0.0248. The Hall–Kier alpha value is -1.30. The van der Waals surface area contributed by atoms with E-state index < -0.39 is 0 Å². The third-order valence-electron chi connectivity index (χ3n) is 4.71. The number of nitrogens with zero attached hydrogens (tertiary/aromatic N) is 2. The van der Waals surface area contributed by atoms with Crippen LogP contribution >= 0.6 is 0 Å². The summed E-state index contributed by atoms with van der Waals surface area (Å²) in [7, 11) is 0. The molecule has 3 saturated heterocycles. The van der Waals surface area contributed by atoms with Gasteiger partial charge in [-0.1, -0.05) is 0 Å². The van der Waals surface area contributed by atoms with Crippen LogP contribution in [0, 0.1) is 0 Å². The lowest BCUT2D eigenvalue weighted by molar-refractivity contribution is -0.131. The first kappa shape index (κ1) is 14.6. The topological polar surface area (TPSA) is 61.9 Å². The molecule has 3 aliphatic rings. The van der Waals surface area contributed by atoms with Crippen LogP contribution in [-0.4, -0.2) is 66.7 Å². The summed E-state index contributed by atoms with van der Waals surface area (Å²) in [6, 6.07) is 0.362. The van der Waals surface area contributed by atoms with Crippen molar-refractivity contribution < 1.29 is 14.3 Å². The first-order valence-corrected chi connectivity index (χ1v) is 8.20. The molecular formula is C15H25N3O3. The third kappa shape index (κ3) is 3.48. The highest BCUT2D eigenvalue weighted by molar-refractivity contribution is 5.81. The van der Waals surface area contributed by atoms with Crippen molar-refractivity contribution >= 4 is 11.9 Å². The van der Waals surface area contributed by atoms with Gasteiger partial charge in [0.05, 0.1) is 0 Å². The van der Waals surface area contributed by atoms with Crippen molar-refractivity contribution in [1.29, 1.82) is 0 Å². The van der Waals surface area contributed by atoms with Gasteiger partial charge in [0.1, 0.15) is 6.10 Å². The number of nitrogens with one attached hydrogen (secondary N) is 1. The number of hydrogen-bond donors (Lipinski definition) is 1. The van der Waals surface area contributed by atoms with E-state index in [1.165, 1.54) is 0 Å². The summed E-state index contributed by atoms with van der Waals surface area (Å²) >= 11 is 0. The number of hydrogen-bond acceptors (Lipinski definition) is 3. The maximum Gasteiger partial charge on any atom is 0.319 e. The van der Waals surface area contributed by atoms with E-state index >= 15 is 0 Å². The Morgan fingerprint density at radius 2 is 1.57 bits per heavy atom. The molecule has 3 aliphatic heterocycles. The number of likely N-dealkylation sites (tertiary alicyclic amines) is 2. The molecule has 1 N–H and O–H groups in total. The highest BCUT2D eigenvalue weighted by atomic mass is 16.5. The van der Waals surface area contributed by atoms with E-state index in [4.69, 9.17) is 4.74 Å². The predicted molar refractivity (Wildman–Crippen MR) is 77.9 cm³/mol. The summed E-state index contributed by atoms with van der Waals surface area (Å²) in [6.45, 7) is 3.97. The fraction of sp³-hybridized carbons (Fsp3) is 0.867. The molecule has 6 heteroatoms. The Morgan fingerprint density at radius 1 is 0.905 bits per heavy atom. The molecule has 0 aliphatic carbocycles. The van der Waals surface area contributed by atoms with E-state index in [2.05, 4.69) is 5.32 Å². The Bertz CT molecular complexity index is 382. The molecule has 0 radical (unpaired) electrons. The van der Waals surface area contributed by atoms with Crippen molar-refractivity contribution in [2.75, 3.05) is 32.8 Å². The van der Waals surface area contributed by atoms with Gasteiger partial charge < -0.3 is 19.9 Å². The molecule has 1 atom stereocenters. The first-order valence-electron chi connectivity index (χ1n) is 8.20. The molecule has 3 fully saturated rings. The Balaban J connectivity index is 1.42. The molecule has 0 spiro atoms.